The molecule has 5 rings (SSSR count). The van der Waals surface area contributed by atoms with Crippen LogP contribution in [-0.4, -0.2) is 17.4 Å². The van der Waals surface area contributed by atoms with Crippen molar-refractivity contribution in [3.63, 3.8) is 0 Å². The average Bonchev–Trinajstić information content (AvgIpc) is 3.10. The third-order valence-corrected chi connectivity index (χ3v) is 8.67. The fourth-order valence-corrected chi connectivity index (χ4v) is 7.14. The molecule has 5 atom stereocenters. The number of carbonyl (C=O) groups excluding carboxylic acids is 2. The third-order valence-electron chi connectivity index (χ3n) is 8.67. The summed E-state index contributed by atoms with van der Waals surface area (Å²) in [7, 11) is 0. The van der Waals surface area contributed by atoms with Gasteiger partial charge < -0.3 is 4.74 Å². The van der Waals surface area contributed by atoms with Crippen LogP contribution in [0, 0.1) is 22.7 Å². The van der Waals surface area contributed by atoms with Gasteiger partial charge in [-0.05, 0) is 62.9 Å². The molecule has 5 aliphatic rings. The van der Waals surface area contributed by atoms with E-state index in [4.69, 9.17) is 4.74 Å². The molecular formula is C22H28O3. The Labute approximate surface area is 149 Å². The van der Waals surface area contributed by atoms with Gasteiger partial charge in [0.25, 0.3) is 0 Å². The molecule has 0 aromatic heterocycles. The van der Waals surface area contributed by atoms with E-state index in [9.17, 15) is 9.59 Å². The molecule has 25 heavy (non-hydrogen) atoms. The predicted molar refractivity (Wildman–Crippen MR) is 94.7 cm³/mol. The van der Waals surface area contributed by atoms with Crippen LogP contribution >= 0.6 is 0 Å². The molecule has 2 saturated carbocycles. The fourth-order valence-electron chi connectivity index (χ4n) is 7.14. The number of esters is 1. The molecule has 0 radical (unpaired) electrons. The van der Waals surface area contributed by atoms with E-state index >= 15 is 0 Å². The van der Waals surface area contributed by atoms with Crippen LogP contribution < -0.4 is 0 Å². The van der Waals surface area contributed by atoms with Crippen LogP contribution in [0.15, 0.2) is 23.3 Å². The van der Waals surface area contributed by atoms with Crippen molar-refractivity contribution in [2.45, 2.75) is 77.2 Å². The topological polar surface area (TPSA) is 43.4 Å². The van der Waals surface area contributed by atoms with Crippen molar-refractivity contribution in [3.05, 3.63) is 23.3 Å². The Hall–Kier alpha value is -1.38. The molecule has 4 aliphatic carbocycles. The Morgan fingerprint density at radius 3 is 2.64 bits per heavy atom. The number of rotatable bonds is 0. The van der Waals surface area contributed by atoms with E-state index in [0.29, 0.717) is 30.5 Å². The molecule has 1 spiro atoms. The summed E-state index contributed by atoms with van der Waals surface area (Å²) in [5.41, 5.74) is 2.95. The molecule has 3 heteroatoms. The lowest BCUT2D eigenvalue weighted by molar-refractivity contribution is -0.160. The first kappa shape index (κ1) is 15.8. The maximum atomic E-state index is 11.9. The third kappa shape index (κ3) is 1.88. The summed E-state index contributed by atoms with van der Waals surface area (Å²) < 4.78 is 5.98. The van der Waals surface area contributed by atoms with Crippen molar-refractivity contribution < 1.29 is 14.3 Å². The molecule has 0 N–H and O–H groups in total. The van der Waals surface area contributed by atoms with E-state index in [2.05, 4.69) is 19.9 Å². The molecule has 0 aromatic carbocycles. The maximum absolute atomic E-state index is 11.9. The van der Waals surface area contributed by atoms with Gasteiger partial charge in [0.05, 0.1) is 0 Å². The number of ether oxygens (including phenoxy) is 1. The number of ketones is 1. The minimum Gasteiger partial charge on any atom is -0.458 e. The molecule has 0 amide bonds. The molecule has 1 saturated heterocycles. The second kappa shape index (κ2) is 4.86. The smallest absolute Gasteiger partial charge is 0.306 e. The van der Waals surface area contributed by atoms with Crippen LogP contribution in [0.2, 0.25) is 0 Å². The second-order valence-electron chi connectivity index (χ2n) is 9.51. The van der Waals surface area contributed by atoms with Crippen molar-refractivity contribution >= 4 is 11.8 Å². The Balaban J connectivity index is 1.55. The zero-order valence-corrected chi connectivity index (χ0v) is 15.4. The lowest BCUT2D eigenvalue weighted by Gasteiger charge is -2.54. The summed E-state index contributed by atoms with van der Waals surface area (Å²) in [5, 5.41) is 0. The largest absolute Gasteiger partial charge is 0.458 e. The predicted octanol–water partition coefficient (Wildman–Crippen LogP) is 4.51. The Bertz CT molecular complexity index is 732. The quantitative estimate of drug-likeness (QED) is 0.481. The van der Waals surface area contributed by atoms with Gasteiger partial charge >= 0.3 is 5.97 Å². The lowest BCUT2D eigenvalue weighted by Crippen LogP contribution is -2.50. The maximum Gasteiger partial charge on any atom is 0.306 e. The minimum absolute atomic E-state index is 0.00303. The molecule has 0 bridgehead atoms. The number of allylic oxidation sites excluding steroid dienone is 4. The Kier molecular flexibility index (Phi) is 3.08. The first-order valence-corrected chi connectivity index (χ1v) is 10.0. The van der Waals surface area contributed by atoms with Crippen molar-refractivity contribution in [1.82, 2.24) is 0 Å². The summed E-state index contributed by atoms with van der Waals surface area (Å²) >= 11 is 0. The SMILES string of the molecule is CC12CCC(=O)C=C1CCC1C2=CCC2(C)C1CCC21CCC(=O)O1. The van der Waals surface area contributed by atoms with Crippen LogP contribution in [0.4, 0.5) is 0 Å². The van der Waals surface area contributed by atoms with E-state index in [-0.39, 0.29) is 22.4 Å². The molecule has 134 valence electrons. The molecule has 1 heterocycles. The van der Waals surface area contributed by atoms with Crippen LogP contribution in [0.5, 0.6) is 0 Å². The van der Waals surface area contributed by atoms with Gasteiger partial charge in [-0.25, -0.2) is 0 Å². The summed E-state index contributed by atoms with van der Waals surface area (Å²) in [6.45, 7) is 4.75. The fraction of sp³-hybridized carbons (Fsp3) is 0.727. The van der Waals surface area contributed by atoms with Gasteiger partial charge in [-0.3, -0.25) is 9.59 Å². The van der Waals surface area contributed by atoms with Gasteiger partial charge in [-0.15, -0.1) is 0 Å². The van der Waals surface area contributed by atoms with Crippen molar-refractivity contribution in [2.75, 3.05) is 0 Å². The van der Waals surface area contributed by atoms with E-state index in [1.807, 2.05) is 6.08 Å². The molecule has 1 aliphatic heterocycles. The van der Waals surface area contributed by atoms with Gasteiger partial charge in [-0.1, -0.05) is 31.1 Å². The molecule has 3 fully saturated rings. The zero-order chi connectivity index (χ0) is 17.4. The van der Waals surface area contributed by atoms with Crippen LogP contribution in [-0.2, 0) is 14.3 Å². The normalized spacial score (nSPS) is 48.4. The van der Waals surface area contributed by atoms with Crippen molar-refractivity contribution in [1.29, 1.82) is 0 Å². The van der Waals surface area contributed by atoms with Gasteiger partial charge in [0.1, 0.15) is 5.60 Å². The van der Waals surface area contributed by atoms with Gasteiger partial charge in [0.2, 0.25) is 0 Å². The van der Waals surface area contributed by atoms with Gasteiger partial charge in [0, 0.05) is 23.7 Å². The van der Waals surface area contributed by atoms with Crippen molar-refractivity contribution in [2.24, 2.45) is 22.7 Å². The average molecular weight is 340 g/mol. The molecule has 0 aromatic rings. The van der Waals surface area contributed by atoms with E-state index in [1.54, 1.807) is 5.57 Å². The standard InChI is InChI=1S/C22H28O3/c1-20-9-5-15(23)13-14(20)3-4-16-17(20)6-10-21(2)18(16)7-11-22(21)12-8-19(24)25-22/h6,13,16,18H,3-5,7-12H2,1-2H3. The number of fused-ring (bicyclic) bond motifs is 6. The molecular weight excluding hydrogens is 312 g/mol. The second-order valence-corrected chi connectivity index (χ2v) is 9.51. The Morgan fingerprint density at radius 2 is 1.88 bits per heavy atom. The number of carbonyl (C=O) groups is 2. The zero-order valence-electron chi connectivity index (χ0n) is 15.4. The van der Waals surface area contributed by atoms with Crippen LogP contribution in [0.3, 0.4) is 0 Å². The highest BCUT2D eigenvalue weighted by Crippen LogP contribution is 2.67. The number of hydrogen-bond acceptors (Lipinski definition) is 3. The van der Waals surface area contributed by atoms with Crippen molar-refractivity contribution in [3.8, 4) is 0 Å². The van der Waals surface area contributed by atoms with E-state index < -0.39 is 0 Å². The Morgan fingerprint density at radius 1 is 1.04 bits per heavy atom. The van der Waals surface area contributed by atoms with Crippen LogP contribution in [0.1, 0.15) is 71.6 Å². The highest BCUT2D eigenvalue weighted by atomic mass is 16.6. The summed E-state index contributed by atoms with van der Waals surface area (Å²) in [5.74, 6) is 1.54. The molecule has 3 nitrogen and oxygen atoms in total. The summed E-state index contributed by atoms with van der Waals surface area (Å²) in [6.07, 6.45) is 13.1. The van der Waals surface area contributed by atoms with E-state index in [0.717, 1.165) is 38.5 Å². The first-order chi connectivity index (χ1) is 11.9. The monoisotopic (exact) mass is 340 g/mol. The number of hydrogen-bond donors (Lipinski definition) is 0. The van der Waals surface area contributed by atoms with Gasteiger partial charge in [-0.2, -0.15) is 0 Å². The van der Waals surface area contributed by atoms with Crippen LogP contribution in [0.25, 0.3) is 0 Å². The summed E-state index contributed by atoms with van der Waals surface area (Å²) in [4.78, 5) is 23.8. The lowest BCUT2D eigenvalue weighted by atomic mass is 9.50. The molecule has 5 unspecified atom stereocenters. The van der Waals surface area contributed by atoms with Gasteiger partial charge in [0.15, 0.2) is 5.78 Å². The van der Waals surface area contributed by atoms with E-state index in [1.165, 1.54) is 12.0 Å². The highest BCUT2D eigenvalue weighted by molar-refractivity contribution is 5.92. The summed E-state index contributed by atoms with van der Waals surface area (Å²) in [6, 6.07) is 0. The first-order valence-electron chi connectivity index (χ1n) is 10.0. The minimum atomic E-state index is -0.212. The highest BCUT2D eigenvalue weighted by Gasteiger charge is 2.65.